The Bertz CT molecular complexity index is 1090. The minimum atomic E-state index is -0.139. The van der Waals surface area contributed by atoms with Gasteiger partial charge >= 0.3 is 0 Å². The summed E-state index contributed by atoms with van der Waals surface area (Å²) in [4.78, 5) is 20.9. The van der Waals surface area contributed by atoms with Crippen molar-refractivity contribution in [1.29, 1.82) is 0 Å². The number of furan rings is 1. The Labute approximate surface area is 169 Å². The zero-order valence-electron chi connectivity index (χ0n) is 14.8. The van der Waals surface area contributed by atoms with Crippen LogP contribution in [0.25, 0.3) is 11.0 Å². The van der Waals surface area contributed by atoms with Gasteiger partial charge in [0.1, 0.15) is 17.9 Å². The topological polar surface area (TPSA) is 97.9 Å². The van der Waals surface area contributed by atoms with Gasteiger partial charge in [-0.1, -0.05) is 12.1 Å². The Kier molecular flexibility index (Phi) is 5.34. The van der Waals surface area contributed by atoms with Crippen LogP contribution in [0.2, 0.25) is 0 Å². The molecule has 3 heterocycles. The first-order valence-electron chi connectivity index (χ1n) is 8.68. The second-order valence-corrected chi connectivity index (χ2v) is 6.85. The van der Waals surface area contributed by atoms with Gasteiger partial charge in [0.2, 0.25) is 0 Å². The third kappa shape index (κ3) is 3.89. The molecule has 0 atom stereocenters. The molecule has 0 saturated heterocycles. The molecule has 0 spiro atoms. The Morgan fingerprint density at radius 2 is 2.07 bits per heavy atom. The molecule has 9 heteroatoms. The highest BCUT2D eigenvalue weighted by molar-refractivity contribution is 9.10. The van der Waals surface area contributed by atoms with Crippen LogP contribution in [0.1, 0.15) is 16.1 Å². The Balaban J connectivity index is 1.41. The quantitative estimate of drug-likeness (QED) is 0.457. The number of nitrogens with zero attached hydrogens (tertiary/aromatic N) is 4. The van der Waals surface area contributed by atoms with E-state index < -0.39 is 0 Å². The molecular weight excluding hydrogens is 424 g/mol. The van der Waals surface area contributed by atoms with E-state index in [-0.39, 0.29) is 5.91 Å². The summed E-state index contributed by atoms with van der Waals surface area (Å²) in [5, 5.41) is 11.3. The Hall–Kier alpha value is -3.20. The van der Waals surface area contributed by atoms with Gasteiger partial charge in [0.25, 0.3) is 5.91 Å². The number of hydrogen-bond acceptors (Lipinski definition) is 6. The summed E-state index contributed by atoms with van der Waals surface area (Å²) in [6, 6.07) is 11.0. The molecule has 0 unspecified atom stereocenters. The number of halogens is 1. The summed E-state index contributed by atoms with van der Waals surface area (Å²) in [6.45, 7) is 1.44. The number of aromatic nitrogens is 4. The Morgan fingerprint density at radius 3 is 2.89 bits per heavy atom. The molecule has 0 bridgehead atoms. The van der Waals surface area contributed by atoms with Crippen LogP contribution in [0.3, 0.4) is 0 Å². The minimum absolute atomic E-state index is 0.139. The van der Waals surface area contributed by atoms with Crippen LogP contribution >= 0.6 is 15.9 Å². The highest BCUT2D eigenvalue weighted by Gasteiger charge is 2.12. The van der Waals surface area contributed by atoms with E-state index in [2.05, 4.69) is 41.6 Å². The third-order valence-corrected chi connectivity index (χ3v) is 4.86. The normalized spacial score (nSPS) is 10.9. The van der Waals surface area contributed by atoms with Crippen LogP contribution in [0.5, 0.6) is 0 Å². The molecule has 1 aromatic carbocycles. The smallest absolute Gasteiger partial charge is 0.252 e. The zero-order valence-corrected chi connectivity index (χ0v) is 16.4. The number of carbonyl (C=O) groups is 1. The van der Waals surface area contributed by atoms with Crippen molar-refractivity contribution in [3.63, 3.8) is 0 Å². The summed E-state index contributed by atoms with van der Waals surface area (Å²) in [5.74, 6) is 1.36. The molecular formula is C19H17BrN6O2. The van der Waals surface area contributed by atoms with Gasteiger partial charge in [-0.3, -0.25) is 4.79 Å². The number of hydrogen-bond donors (Lipinski definition) is 2. The van der Waals surface area contributed by atoms with E-state index in [0.29, 0.717) is 36.7 Å². The van der Waals surface area contributed by atoms with E-state index >= 15 is 0 Å². The number of nitrogens with one attached hydrogen (secondary N) is 2. The lowest BCUT2D eigenvalue weighted by Gasteiger charge is -2.08. The fraction of sp³-hybridized carbons (Fsp3) is 0.158. The van der Waals surface area contributed by atoms with Crippen LogP contribution in [0.4, 0.5) is 5.82 Å². The third-order valence-electron chi connectivity index (χ3n) is 4.17. The standard InChI is InChI=1S/C19H17BrN6O2/c20-16-6-2-1-5-14(16)19(27)21-7-8-26-18-15(11-25-26)17(23-12-24-18)22-10-13-4-3-9-28-13/h1-6,9,11-12H,7-8,10H2,(H,21,27)(H,22,23,24). The van der Waals surface area contributed by atoms with Crippen LogP contribution in [-0.4, -0.2) is 32.2 Å². The number of anilines is 1. The van der Waals surface area contributed by atoms with Crippen molar-refractivity contribution in [3.8, 4) is 0 Å². The SMILES string of the molecule is O=C(NCCn1ncc2c(NCc3ccco3)ncnc21)c1ccccc1Br. The van der Waals surface area contributed by atoms with Crippen molar-refractivity contribution >= 4 is 38.7 Å². The first-order chi connectivity index (χ1) is 13.7. The van der Waals surface area contributed by atoms with Crippen molar-refractivity contribution < 1.29 is 9.21 Å². The van der Waals surface area contributed by atoms with Crippen LogP contribution in [-0.2, 0) is 13.1 Å². The zero-order chi connectivity index (χ0) is 19.3. The highest BCUT2D eigenvalue weighted by atomic mass is 79.9. The van der Waals surface area contributed by atoms with Crippen molar-refractivity contribution in [1.82, 2.24) is 25.1 Å². The lowest BCUT2D eigenvalue weighted by molar-refractivity contribution is 0.0951. The van der Waals surface area contributed by atoms with Gasteiger partial charge in [-0.15, -0.1) is 0 Å². The molecule has 3 aromatic heterocycles. The number of benzene rings is 1. The van der Waals surface area contributed by atoms with E-state index in [0.717, 1.165) is 15.6 Å². The summed E-state index contributed by atoms with van der Waals surface area (Å²) >= 11 is 3.39. The Morgan fingerprint density at radius 1 is 1.18 bits per heavy atom. The number of amides is 1. The van der Waals surface area contributed by atoms with Gasteiger partial charge in [0.15, 0.2) is 5.65 Å². The fourth-order valence-corrected chi connectivity index (χ4v) is 3.26. The molecule has 28 heavy (non-hydrogen) atoms. The van der Waals surface area contributed by atoms with E-state index in [4.69, 9.17) is 4.42 Å². The first kappa shape index (κ1) is 18.2. The maximum absolute atomic E-state index is 12.3. The molecule has 0 aliphatic rings. The summed E-state index contributed by atoms with van der Waals surface area (Å²) in [5.41, 5.74) is 1.30. The maximum atomic E-state index is 12.3. The van der Waals surface area contributed by atoms with Gasteiger partial charge in [0.05, 0.1) is 36.5 Å². The molecule has 1 amide bonds. The summed E-state index contributed by atoms with van der Waals surface area (Å²) in [6.07, 6.45) is 4.84. The molecule has 0 radical (unpaired) electrons. The molecule has 0 aliphatic carbocycles. The molecule has 4 rings (SSSR count). The van der Waals surface area contributed by atoms with Gasteiger partial charge in [-0.25, -0.2) is 14.6 Å². The van der Waals surface area contributed by atoms with Crippen molar-refractivity contribution in [3.05, 3.63) is 71.0 Å². The van der Waals surface area contributed by atoms with E-state index in [1.165, 1.54) is 6.33 Å². The molecule has 142 valence electrons. The molecule has 4 aromatic rings. The average Bonchev–Trinajstić information content (AvgIpc) is 3.37. The average molecular weight is 441 g/mol. The van der Waals surface area contributed by atoms with Crippen LogP contribution in [0, 0.1) is 0 Å². The molecule has 0 saturated carbocycles. The molecule has 2 N–H and O–H groups in total. The van der Waals surface area contributed by atoms with Crippen molar-refractivity contribution in [2.24, 2.45) is 0 Å². The van der Waals surface area contributed by atoms with E-state index in [1.54, 1.807) is 23.2 Å². The van der Waals surface area contributed by atoms with Gasteiger partial charge in [-0.05, 0) is 40.2 Å². The minimum Gasteiger partial charge on any atom is -0.467 e. The highest BCUT2D eigenvalue weighted by Crippen LogP contribution is 2.19. The van der Waals surface area contributed by atoms with Crippen molar-refractivity contribution in [2.75, 3.05) is 11.9 Å². The summed E-state index contributed by atoms with van der Waals surface area (Å²) < 4.78 is 7.83. The maximum Gasteiger partial charge on any atom is 0.252 e. The second-order valence-electron chi connectivity index (χ2n) is 6.00. The van der Waals surface area contributed by atoms with Crippen LogP contribution in [0.15, 0.2) is 64.1 Å². The predicted molar refractivity (Wildman–Crippen MR) is 108 cm³/mol. The lowest BCUT2D eigenvalue weighted by Crippen LogP contribution is -2.27. The van der Waals surface area contributed by atoms with E-state index in [9.17, 15) is 4.79 Å². The largest absolute Gasteiger partial charge is 0.467 e. The van der Waals surface area contributed by atoms with Gasteiger partial charge in [-0.2, -0.15) is 5.10 Å². The number of carbonyl (C=O) groups excluding carboxylic acids is 1. The summed E-state index contributed by atoms with van der Waals surface area (Å²) in [7, 11) is 0. The number of rotatable bonds is 7. The molecule has 0 fully saturated rings. The second kappa shape index (κ2) is 8.22. The predicted octanol–water partition coefficient (Wildman–Crippen LogP) is 3.22. The van der Waals surface area contributed by atoms with E-state index in [1.807, 2.05) is 30.3 Å². The fourth-order valence-electron chi connectivity index (χ4n) is 2.80. The van der Waals surface area contributed by atoms with Crippen molar-refractivity contribution in [2.45, 2.75) is 13.1 Å². The lowest BCUT2D eigenvalue weighted by atomic mass is 10.2. The van der Waals surface area contributed by atoms with Crippen LogP contribution < -0.4 is 10.6 Å². The monoisotopic (exact) mass is 440 g/mol. The molecule has 0 aliphatic heterocycles. The molecule has 8 nitrogen and oxygen atoms in total. The first-order valence-corrected chi connectivity index (χ1v) is 9.47. The van der Waals surface area contributed by atoms with Gasteiger partial charge < -0.3 is 15.1 Å². The number of fused-ring (bicyclic) bond motifs is 1. The van der Waals surface area contributed by atoms with Gasteiger partial charge in [0, 0.05) is 11.0 Å².